The van der Waals surface area contributed by atoms with Crippen molar-refractivity contribution < 1.29 is 19.4 Å². The van der Waals surface area contributed by atoms with Crippen LogP contribution in [-0.4, -0.2) is 22.7 Å². The summed E-state index contributed by atoms with van der Waals surface area (Å²) in [7, 11) is 0. The second-order valence-electron chi connectivity index (χ2n) is 6.05. The van der Waals surface area contributed by atoms with Crippen molar-refractivity contribution in [1.29, 1.82) is 0 Å². The van der Waals surface area contributed by atoms with Crippen molar-refractivity contribution in [3.63, 3.8) is 0 Å². The topological polar surface area (TPSA) is 75.6 Å². The summed E-state index contributed by atoms with van der Waals surface area (Å²) < 4.78 is 5.22. The molecule has 1 amide bonds. The lowest BCUT2D eigenvalue weighted by atomic mass is 9.89. The highest BCUT2D eigenvalue weighted by atomic mass is 16.5. The average molecular weight is 289 g/mol. The predicted molar refractivity (Wildman–Crippen MR) is 75.6 cm³/mol. The Labute approximate surface area is 123 Å². The molecule has 21 heavy (non-hydrogen) atoms. The second kappa shape index (κ2) is 5.39. The van der Waals surface area contributed by atoms with Gasteiger partial charge < -0.3 is 15.2 Å². The first-order valence-corrected chi connectivity index (χ1v) is 7.30. The molecular formula is C16H19NO4. The van der Waals surface area contributed by atoms with Gasteiger partial charge in [-0.05, 0) is 36.7 Å². The second-order valence-corrected chi connectivity index (χ2v) is 6.05. The van der Waals surface area contributed by atoms with Gasteiger partial charge >= 0.3 is 12.1 Å². The molecule has 1 aromatic carbocycles. The van der Waals surface area contributed by atoms with E-state index in [0.717, 1.165) is 24.8 Å². The number of carboxylic acid groups (broad SMARTS) is 1. The first-order valence-electron chi connectivity index (χ1n) is 7.30. The van der Waals surface area contributed by atoms with Crippen LogP contribution < -0.4 is 5.32 Å². The van der Waals surface area contributed by atoms with E-state index in [1.165, 1.54) is 0 Å². The molecule has 2 saturated carbocycles. The summed E-state index contributed by atoms with van der Waals surface area (Å²) in [6.45, 7) is 0.198. The first kappa shape index (κ1) is 13.9. The maximum Gasteiger partial charge on any atom is 0.407 e. The summed E-state index contributed by atoms with van der Waals surface area (Å²) in [6.07, 6.45) is 2.21. The van der Waals surface area contributed by atoms with Crippen LogP contribution in [0.4, 0.5) is 4.79 Å². The number of nitrogens with one attached hydrogen (secondary N) is 1. The molecule has 3 atom stereocenters. The molecule has 0 saturated heterocycles. The van der Waals surface area contributed by atoms with Crippen LogP contribution in [0.1, 0.15) is 31.2 Å². The highest BCUT2D eigenvalue weighted by Gasteiger charge is 2.59. The van der Waals surface area contributed by atoms with Crippen molar-refractivity contribution in [2.24, 2.45) is 11.8 Å². The Kier molecular flexibility index (Phi) is 3.57. The summed E-state index contributed by atoms with van der Waals surface area (Å²) in [5, 5.41) is 11.9. The maximum atomic E-state index is 12.0. The Morgan fingerprint density at radius 2 is 2.10 bits per heavy atom. The smallest absolute Gasteiger partial charge is 0.407 e. The standard InChI is InChI=1S/C16H19NO4/c18-14(19)9-16(7-6-12-8-13(12)16)17-15(20)21-10-11-4-2-1-3-5-11/h1-5,12-13H,6-10H2,(H,17,20)(H,18,19)/t12-,13+,16?/m1/s1. The van der Waals surface area contributed by atoms with Crippen LogP contribution in [0.25, 0.3) is 0 Å². The molecule has 2 aliphatic carbocycles. The van der Waals surface area contributed by atoms with E-state index in [2.05, 4.69) is 5.32 Å². The minimum Gasteiger partial charge on any atom is -0.481 e. The number of fused-ring (bicyclic) bond motifs is 1. The van der Waals surface area contributed by atoms with Crippen LogP contribution in [0.5, 0.6) is 0 Å². The van der Waals surface area contributed by atoms with Gasteiger partial charge in [0.2, 0.25) is 0 Å². The summed E-state index contributed by atoms with van der Waals surface area (Å²) in [5.41, 5.74) is 0.306. The molecule has 0 heterocycles. The molecule has 0 spiro atoms. The van der Waals surface area contributed by atoms with Crippen molar-refractivity contribution in [2.75, 3.05) is 0 Å². The number of aliphatic carboxylic acids is 1. The third-order valence-electron chi connectivity index (χ3n) is 4.62. The van der Waals surface area contributed by atoms with Crippen LogP contribution in [-0.2, 0) is 16.1 Å². The predicted octanol–water partition coefficient (Wildman–Crippen LogP) is 2.56. The van der Waals surface area contributed by atoms with Crippen LogP contribution >= 0.6 is 0 Å². The Morgan fingerprint density at radius 1 is 1.33 bits per heavy atom. The van der Waals surface area contributed by atoms with E-state index < -0.39 is 17.6 Å². The largest absolute Gasteiger partial charge is 0.481 e. The van der Waals surface area contributed by atoms with E-state index in [1.54, 1.807) is 0 Å². The summed E-state index contributed by atoms with van der Waals surface area (Å²) >= 11 is 0. The molecule has 5 heteroatoms. The van der Waals surface area contributed by atoms with Gasteiger partial charge in [0.25, 0.3) is 0 Å². The number of carbonyl (C=O) groups excluding carboxylic acids is 1. The maximum absolute atomic E-state index is 12.0. The molecule has 112 valence electrons. The van der Waals surface area contributed by atoms with Crippen LogP contribution in [0.3, 0.4) is 0 Å². The molecule has 0 radical (unpaired) electrons. The summed E-state index contributed by atoms with van der Waals surface area (Å²) in [6, 6.07) is 9.43. The fourth-order valence-corrected chi connectivity index (χ4v) is 3.52. The number of carboxylic acids is 1. The van der Waals surface area contributed by atoms with Crippen LogP contribution in [0.15, 0.2) is 30.3 Å². The third kappa shape index (κ3) is 3.01. The Balaban J connectivity index is 1.58. The molecular weight excluding hydrogens is 270 g/mol. The first-order chi connectivity index (χ1) is 10.1. The zero-order valence-corrected chi connectivity index (χ0v) is 11.7. The zero-order chi connectivity index (χ0) is 14.9. The average Bonchev–Trinajstić information content (AvgIpc) is 3.17. The van der Waals surface area contributed by atoms with Gasteiger partial charge in [-0.15, -0.1) is 0 Å². The number of hydrogen-bond acceptors (Lipinski definition) is 3. The van der Waals surface area contributed by atoms with Gasteiger partial charge in [-0.3, -0.25) is 4.79 Å². The van der Waals surface area contributed by atoms with Crippen molar-refractivity contribution >= 4 is 12.1 Å². The van der Waals surface area contributed by atoms with Crippen molar-refractivity contribution in [2.45, 2.75) is 37.8 Å². The van der Waals surface area contributed by atoms with Gasteiger partial charge in [0.15, 0.2) is 0 Å². The van der Waals surface area contributed by atoms with Gasteiger partial charge in [-0.25, -0.2) is 4.79 Å². The van der Waals surface area contributed by atoms with Crippen LogP contribution in [0, 0.1) is 11.8 Å². The lowest BCUT2D eigenvalue weighted by Crippen LogP contribution is -2.50. The number of ether oxygens (including phenoxy) is 1. The molecule has 1 unspecified atom stereocenters. The van der Waals surface area contributed by atoms with E-state index in [4.69, 9.17) is 9.84 Å². The molecule has 0 bridgehead atoms. The minimum absolute atomic E-state index is 0.0192. The molecule has 3 rings (SSSR count). The van der Waals surface area contributed by atoms with Crippen molar-refractivity contribution in [1.82, 2.24) is 5.32 Å². The van der Waals surface area contributed by atoms with Crippen molar-refractivity contribution in [3.8, 4) is 0 Å². The number of hydrogen-bond donors (Lipinski definition) is 2. The molecule has 2 aliphatic rings. The highest BCUT2D eigenvalue weighted by molar-refractivity contribution is 5.73. The summed E-state index contributed by atoms with van der Waals surface area (Å²) in [4.78, 5) is 23.1. The van der Waals surface area contributed by atoms with Gasteiger partial charge in [0.1, 0.15) is 6.61 Å². The third-order valence-corrected chi connectivity index (χ3v) is 4.62. The Bertz CT molecular complexity index is 544. The fourth-order valence-electron chi connectivity index (χ4n) is 3.52. The minimum atomic E-state index is -0.870. The normalized spacial score (nSPS) is 29.5. The molecule has 0 aromatic heterocycles. The molecule has 0 aliphatic heterocycles. The molecule has 2 fully saturated rings. The van der Waals surface area contributed by atoms with E-state index >= 15 is 0 Å². The van der Waals surface area contributed by atoms with Crippen LogP contribution in [0.2, 0.25) is 0 Å². The van der Waals surface area contributed by atoms with E-state index in [9.17, 15) is 9.59 Å². The quantitative estimate of drug-likeness (QED) is 0.873. The van der Waals surface area contributed by atoms with E-state index in [-0.39, 0.29) is 13.0 Å². The number of carbonyl (C=O) groups is 2. The van der Waals surface area contributed by atoms with Crippen molar-refractivity contribution in [3.05, 3.63) is 35.9 Å². The lowest BCUT2D eigenvalue weighted by Gasteiger charge is -2.30. The number of rotatable bonds is 5. The summed E-state index contributed by atoms with van der Waals surface area (Å²) in [5.74, 6) is 0.0163. The van der Waals surface area contributed by atoms with Gasteiger partial charge in [0, 0.05) is 0 Å². The monoisotopic (exact) mass is 289 g/mol. The van der Waals surface area contributed by atoms with Gasteiger partial charge in [0.05, 0.1) is 12.0 Å². The van der Waals surface area contributed by atoms with Gasteiger partial charge in [-0.2, -0.15) is 0 Å². The SMILES string of the molecule is O=C(O)CC1(NC(=O)OCc2ccccc2)CC[C@@H]2C[C@@H]21. The van der Waals surface area contributed by atoms with E-state index in [0.29, 0.717) is 11.8 Å². The lowest BCUT2D eigenvalue weighted by molar-refractivity contribution is -0.138. The Hall–Kier alpha value is -2.04. The molecule has 5 nitrogen and oxygen atoms in total. The molecule has 2 N–H and O–H groups in total. The number of benzene rings is 1. The number of amides is 1. The van der Waals surface area contributed by atoms with Gasteiger partial charge in [-0.1, -0.05) is 30.3 Å². The number of alkyl carbamates (subject to hydrolysis) is 1. The Morgan fingerprint density at radius 3 is 2.67 bits per heavy atom. The fraction of sp³-hybridized carbons (Fsp3) is 0.500. The molecule has 1 aromatic rings. The van der Waals surface area contributed by atoms with E-state index in [1.807, 2.05) is 30.3 Å². The zero-order valence-electron chi connectivity index (χ0n) is 11.7. The highest BCUT2D eigenvalue weighted by Crippen LogP contribution is 2.58.